The number of amides is 1. The minimum Gasteiger partial charge on any atom is -0.481 e. The normalized spacial score (nSPS) is 11.3. The molecule has 0 saturated heterocycles. The largest absolute Gasteiger partial charge is 0.481 e. The van der Waals surface area contributed by atoms with E-state index < -0.39 is 11.4 Å². The first kappa shape index (κ1) is 15.9. The van der Waals surface area contributed by atoms with Crippen LogP contribution in [0.4, 0.5) is 0 Å². The second kappa shape index (κ2) is 7.24. The topological polar surface area (TPSA) is 98.1 Å². The number of hydrogen-bond donors (Lipinski definition) is 3. The summed E-state index contributed by atoms with van der Waals surface area (Å²) in [6.07, 6.45) is 0.327. The Bertz CT molecular complexity index is 259. The van der Waals surface area contributed by atoms with Gasteiger partial charge in [0.05, 0.1) is 18.6 Å². The molecule has 6 heteroatoms. The third-order valence-electron chi connectivity index (χ3n) is 2.64. The summed E-state index contributed by atoms with van der Waals surface area (Å²) in [5.74, 6) is -1.19. The second-order valence-corrected chi connectivity index (χ2v) is 4.52. The Morgan fingerprint density at radius 1 is 1.12 bits per heavy atom. The zero-order valence-corrected chi connectivity index (χ0v) is 10.3. The van der Waals surface area contributed by atoms with Crippen LogP contribution < -0.4 is 0 Å². The fourth-order valence-electron chi connectivity index (χ4n) is 1.29. The number of carboxylic acid groups (broad SMARTS) is 1. The Kier molecular flexibility index (Phi) is 6.75. The summed E-state index contributed by atoms with van der Waals surface area (Å²) in [6.45, 7) is 3.10. The van der Waals surface area contributed by atoms with E-state index in [1.54, 1.807) is 13.8 Å². The van der Waals surface area contributed by atoms with Gasteiger partial charge < -0.3 is 20.2 Å². The van der Waals surface area contributed by atoms with Crippen LogP contribution in [0.1, 0.15) is 26.7 Å². The molecule has 17 heavy (non-hydrogen) atoms. The average molecular weight is 247 g/mol. The summed E-state index contributed by atoms with van der Waals surface area (Å²) < 4.78 is 0. The van der Waals surface area contributed by atoms with E-state index in [0.717, 1.165) is 0 Å². The van der Waals surface area contributed by atoms with Crippen LogP contribution in [0, 0.1) is 5.41 Å². The number of carbonyl (C=O) groups excluding carboxylic acids is 1. The van der Waals surface area contributed by atoms with Crippen molar-refractivity contribution in [2.24, 2.45) is 5.41 Å². The number of hydrogen-bond acceptors (Lipinski definition) is 4. The summed E-state index contributed by atoms with van der Waals surface area (Å²) >= 11 is 0. The molecule has 0 rings (SSSR count). The van der Waals surface area contributed by atoms with Gasteiger partial charge in [-0.25, -0.2) is 0 Å². The van der Waals surface area contributed by atoms with Gasteiger partial charge in [-0.15, -0.1) is 0 Å². The number of nitrogens with zero attached hydrogens (tertiary/aromatic N) is 1. The Morgan fingerprint density at radius 3 is 1.94 bits per heavy atom. The Hall–Kier alpha value is -1.14. The lowest BCUT2D eigenvalue weighted by Crippen LogP contribution is -2.37. The Morgan fingerprint density at radius 2 is 1.59 bits per heavy atom. The predicted octanol–water partition coefficient (Wildman–Crippen LogP) is -0.309. The molecule has 0 unspecified atom stereocenters. The van der Waals surface area contributed by atoms with Gasteiger partial charge in [-0.2, -0.15) is 0 Å². The molecule has 0 radical (unpaired) electrons. The molecule has 3 N–H and O–H groups in total. The molecule has 0 atom stereocenters. The quantitative estimate of drug-likeness (QED) is 0.546. The van der Waals surface area contributed by atoms with Crippen molar-refractivity contribution in [1.29, 1.82) is 0 Å². The van der Waals surface area contributed by atoms with Crippen LogP contribution in [0.3, 0.4) is 0 Å². The summed E-state index contributed by atoms with van der Waals surface area (Å²) in [7, 11) is 0. The van der Waals surface area contributed by atoms with Gasteiger partial charge in [0.1, 0.15) is 0 Å². The fourth-order valence-corrected chi connectivity index (χ4v) is 1.29. The molecule has 0 bridgehead atoms. The van der Waals surface area contributed by atoms with Crippen molar-refractivity contribution in [2.75, 3.05) is 26.3 Å². The molecule has 100 valence electrons. The number of aliphatic hydroxyl groups excluding tert-OH is 2. The van der Waals surface area contributed by atoms with Crippen LogP contribution in [0.5, 0.6) is 0 Å². The van der Waals surface area contributed by atoms with Gasteiger partial charge in [0, 0.05) is 19.5 Å². The number of aliphatic hydroxyl groups is 2. The van der Waals surface area contributed by atoms with Crippen molar-refractivity contribution < 1.29 is 24.9 Å². The van der Waals surface area contributed by atoms with Crippen LogP contribution in [0.25, 0.3) is 0 Å². The molecule has 0 aromatic heterocycles. The maximum absolute atomic E-state index is 11.7. The van der Waals surface area contributed by atoms with Crippen LogP contribution in [-0.2, 0) is 9.59 Å². The molecular weight excluding hydrogens is 226 g/mol. The van der Waals surface area contributed by atoms with Crippen molar-refractivity contribution in [1.82, 2.24) is 4.90 Å². The van der Waals surface area contributed by atoms with Gasteiger partial charge in [-0.3, -0.25) is 9.59 Å². The first-order valence-electron chi connectivity index (χ1n) is 5.58. The molecule has 0 heterocycles. The van der Waals surface area contributed by atoms with Gasteiger partial charge in [0.2, 0.25) is 5.91 Å². The van der Waals surface area contributed by atoms with E-state index in [1.807, 2.05) is 0 Å². The fraction of sp³-hybridized carbons (Fsp3) is 0.818. The van der Waals surface area contributed by atoms with E-state index in [-0.39, 0.29) is 45.1 Å². The lowest BCUT2D eigenvalue weighted by atomic mass is 9.88. The standard InChI is InChI=1S/C11H21NO5/c1-11(2,10(16)17)4-3-9(15)12(5-7-13)6-8-14/h13-14H,3-8H2,1-2H3,(H,16,17). The van der Waals surface area contributed by atoms with E-state index >= 15 is 0 Å². The molecular formula is C11H21NO5. The molecule has 0 saturated carbocycles. The lowest BCUT2D eigenvalue weighted by Gasteiger charge is -2.23. The van der Waals surface area contributed by atoms with Gasteiger partial charge in [0.25, 0.3) is 0 Å². The van der Waals surface area contributed by atoms with Crippen LogP contribution in [0.15, 0.2) is 0 Å². The van der Waals surface area contributed by atoms with Gasteiger partial charge >= 0.3 is 5.97 Å². The Balaban J connectivity index is 4.27. The lowest BCUT2D eigenvalue weighted by molar-refractivity contribution is -0.147. The molecule has 0 fully saturated rings. The van der Waals surface area contributed by atoms with E-state index in [4.69, 9.17) is 15.3 Å². The highest BCUT2D eigenvalue weighted by atomic mass is 16.4. The summed E-state index contributed by atoms with van der Waals surface area (Å²) in [5.41, 5.74) is -0.945. The van der Waals surface area contributed by atoms with E-state index in [1.165, 1.54) is 4.90 Å². The van der Waals surface area contributed by atoms with Crippen LogP contribution in [0.2, 0.25) is 0 Å². The molecule has 0 aromatic carbocycles. The monoisotopic (exact) mass is 247 g/mol. The van der Waals surface area contributed by atoms with Crippen molar-refractivity contribution in [3.63, 3.8) is 0 Å². The Labute approximate surface area is 101 Å². The number of carboxylic acids is 1. The number of carbonyl (C=O) groups is 2. The highest BCUT2D eigenvalue weighted by molar-refractivity contribution is 5.78. The first-order chi connectivity index (χ1) is 7.85. The highest BCUT2D eigenvalue weighted by Gasteiger charge is 2.28. The van der Waals surface area contributed by atoms with Crippen molar-refractivity contribution in [3.8, 4) is 0 Å². The summed E-state index contributed by atoms with van der Waals surface area (Å²) in [6, 6.07) is 0. The average Bonchev–Trinajstić information content (AvgIpc) is 2.25. The summed E-state index contributed by atoms with van der Waals surface area (Å²) in [5, 5.41) is 26.4. The minimum absolute atomic E-state index is 0.0965. The van der Waals surface area contributed by atoms with Gasteiger partial charge in [0.15, 0.2) is 0 Å². The van der Waals surface area contributed by atoms with E-state index in [2.05, 4.69) is 0 Å². The minimum atomic E-state index is -0.945. The molecule has 0 aliphatic carbocycles. The highest BCUT2D eigenvalue weighted by Crippen LogP contribution is 2.22. The maximum Gasteiger partial charge on any atom is 0.309 e. The van der Waals surface area contributed by atoms with Crippen molar-refractivity contribution in [2.45, 2.75) is 26.7 Å². The van der Waals surface area contributed by atoms with Crippen molar-refractivity contribution in [3.05, 3.63) is 0 Å². The zero-order valence-electron chi connectivity index (χ0n) is 10.3. The van der Waals surface area contributed by atoms with Crippen molar-refractivity contribution >= 4 is 11.9 Å². The van der Waals surface area contributed by atoms with Gasteiger partial charge in [-0.05, 0) is 20.3 Å². The molecule has 1 amide bonds. The SMILES string of the molecule is CC(C)(CCC(=O)N(CCO)CCO)C(=O)O. The van der Waals surface area contributed by atoms with Crippen LogP contribution in [-0.4, -0.2) is 58.4 Å². The number of rotatable bonds is 8. The van der Waals surface area contributed by atoms with E-state index in [0.29, 0.717) is 0 Å². The summed E-state index contributed by atoms with van der Waals surface area (Å²) in [4.78, 5) is 23.9. The first-order valence-corrected chi connectivity index (χ1v) is 5.58. The second-order valence-electron chi connectivity index (χ2n) is 4.52. The van der Waals surface area contributed by atoms with Gasteiger partial charge in [-0.1, -0.05) is 0 Å². The molecule has 0 spiro atoms. The zero-order chi connectivity index (χ0) is 13.5. The molecule has 0 aromatic rings. The van der Waals surface area contributed by atoms with Crippen LogP contribution >= 0.6 is 0 Å². The molecule has 0 aliphatic rings. The van der Waals surface area contributed by atoms with E-state index in [9.17, 15) is 9.59 Å². The number of aliphatic carboxylic acids is 1. The predicted molar refractivity (Wildman–Crippen MR) is 61.4 cm³/mol. The smallest absolute Gasteiger partial charge is 0.309 e. The molecule has 0 aliphatic heterocycles. The molecule has 6 nitrogen and oxygen atoms in total. The maximum atomic E-state index is 11.7. The third kappa shape index (κ3) is 5.65. The third-order valence-corrected chi connectivity index (χ3v) is 2.64.